The predicted octanol–water partition coefficient (Wildman–Crippen LogP) is 2.59. The fraction of sp³-hybridized carbons (Fsp3) is 0.400. The second kappa shape index (κ2) is 2.57. The van der Waals surface area contributed by atoms with Crippen LogP contribution in [0.1, 0.15) is 20.8 Å². The summed E-state index contributed by atoms with van der Waals surface area (Å²) in [5.41, 5.74) is 2.38. The van der Waals surface area contributed by atoms with E-state index in [0.29, 0.717) is 0 Å². The Morgan fingerprint density at radius 1 is 1.36 bits per heavy atom. The first-order chi connectivity index (χ1) is 5.00. The minimum Gasteiger partial charge on any atom is -0.359 e. The molecule has 1 nitrogen and oxygen atoms in total. The van der Waals surface area contributed by atoms with E-state index >= 15 is 0 Å². The van der Waals surface area contributed by atoms with Crippen LogP contribution in [0, 0.1) is 5.41 Å². The van der Waals surface area contributed by atoms with Crippen LogP contribution in [0.5, 0.6) is 0 Å². The van der Waals surface area contributed by atoms with Crippen molar-refractivity contribution in [1.29, 1.82) is 0 Å². The van der Waals surface area contributed by atoms with Gasteiger partial charge in [0.15, 0.2) is 0 Å². The van der Waals surface area contributed by atoms with E-state index in [-0.39, 0.29) is 5.41 Å². The Balaban J connectivity index is 2.83. The van der Waals surface area contributed by atoms with Gasteiger partial charge in [0.25, 0.3) is 0 Å². The molecule has 0 fully saturated rings. The Morgan fingerprint density at radius 2 is 2.00 bits per heavy atom. The first-order valence-electron chi connectivity index (χ1n) is 3.85. The first kappa shape index (κ1) is 8.12. The van der Waals surface area contributed by atoms with Gasteiger partial charge in [-0.25, -0.2) is 0 Å². The summed E-state index contributed by atoms with van der Waals surface area (Å²) in [6, 6.07) is 0. The molecule has 60 valence electrons. The molecule has 1 rings (SSSR count). The van der Waals surface area contributed by atoms with Crippen molar-refractivity contribution in [2.75, 3.05) is 0 Å². The monoisotopic (exact) mass is 149 g/mol. The standard InChI is InChI=1S/C10H15N/c1-8-6-5-7-9(11-8)10(2,3)4/h5-7,11H,1H2,2-4H3. The van der Waals surface area contributed by atoms with Crippen molar-refractivity contribution in [2.24, 2.45) is 5.41 Å². The Hall–Kier alpha value is -0.980. The van der Waals surface area contributed by atoms with Gasteiger partial charge in [-0.05, 0) is 12.2 Å². The quantitative estimate of drug-likeness (QED) is 0.558. The molecule has 0 radical (unpaired) electrons. The first-order valence-corrected chi connectivity index (χ1v) is 3.85. The van der Waals surface area contributed by atoms with Gasteiger partial charge in [0, 0.05) is 16.8 Å². The Labute approximate surface area is 68.5 Å². The van der Waals surface area contributed by atoms with Crippen LogP contribution in [-0.2, 0) is 0 Å². The second-order valence-electron chi connectivity index (χ2n) is 3.84. The van der Waals surface area contributed by atoms with E-state index in [1.54, 1.807) is 0 Å². The molecule has 0 spiro atoms. The molecule has 1 N–H and O–H groups in total. The molecule has 11 heavy (non-hydrogen) atoms. The van der Waals surface area contributed by atoms with Gasteiger partial charge in [-0.2, -0.15) is 0 Å². The van der Waals surface area contributed by atoms with Crippen molar-refractivity contribution in [1.82, 2.24) is 5.32 Å². The van der Waals surface area contributed by atoms with Gasteiger partial charge in [-0.1, -0.05) is 33.4 Å². The van der Waals surface area contributed by atoms with Crippen molar-refractivity contribution >= 4 is 0 Å². The van der Waals surface area contributed by atoms with E-state index in [1.807, 2.05) is 12.2 Å². The summed E-state index contributed by atoms with van der Waals surface area (Å²) >= 11 is 0. The van der Waals surface area contributed by atoms with Crippen LogP contribution in [0.15, 0.2) is 36.2 Å². The number of rotatable bonds is 0. The second-order valence-corrected chi connectivity index (χ2v) is 3.84. The van der Waals surface area contributed by atoms with Crippen LogP contribution < -0.4 is 5.32 Å². The summed E-state index contributed by atoms with van der Waals surface area (Å²) in [5, 5.41) is 3.24. The van der Waals surface area contributed by atoms with Gasteiger partial charge < -0.3 is 5.32 Å². The third-order valence-corrected chi connectivity index (χ3v) is 1.66. The van der Waals surface area contributed by atoms with Crippen LogP contribution >= 0.6 is 0 Å². The van der Waals surface area contributed by atoms with Crippen molar-refractivity contribution in [3.8, 4) is 0 Å². The Morgan fingerprint density at radius 3 is 2.36 bits per heavy atom. The lowest BCUT2D eigenvalue weighted by Gasteiger charge is -2.26. The highest BCUT2D eigenvalue weighted by molar-refractivity contribution is 5.31. The minimum atomic E-state index is 0.188. The van der Waals surface area contributed by atoms with Gasteiger partial charge in [0.2, 0.25) is 0 Å². The highest BCUT2D eigenvalue weighted by atomic mass is 14.9. The summed E-state index contributed by atoms with van der Waals surface area (Å²) in [6.45, 7) is 10.4. The maximum Gasteiger partial charge on any atom is 0.0308 e. The fourth-order valence-electron chi connectivity index (χ4n) is 0.954. The third-order valence-electron chi connectivity index (χ3n) is 1.66. The van der Waals surface area contributed by atoms with Crippen molar-refractivity contribution in [3.63, 3.8) is 0 Å². The normalized spacial score (nSPS) is 17.7. The summed E-state index contributed by atoms with van der Waals surface area (Å²) in [7, 11) is 0. The van der Waals surface area contributed by atoms with E-state index in [0.717, 1.165) is 5.70 Å². The number of allylic oxidation sites excluding steroid dienone is 4. The molecule has 0 saturated heterocycles. The van der Waals surface area contributed by atoms with Crippen LogP contribution in [0.25, 0.3) is 0 Å². The van der Waals surface area contributed by atoms with Crippen molar-refractivity contribution in [2.45, 2.75) is 20.8 Å². The van der Waals surface area contributed by atoms with Gasteiger partial charge >= 0.3 is 0 Å². The highest BCUT2D eigenvalue weighted by Crippen LogP contribution is 2.25. The van der Waals surface area contributed by atoms with Crippen LogP contribution in [0.2, 0.25) is 0 Å². The minimum absolute atomic E-state index is 0.188. The molecular formula is C10H15N. The summed E-state index contributed by atoms with van der Waals surface area (Å²) < 4.78 is 0. The number of dihydropyridines is 1. The molecule has 0 aromatic rings. The number of nitrogens with one attached hydrogen (secondary N) is 1. The van der Waals surface area contributed by atoms with Crippen LogP contribution in [0.4, 0.5) is 0 Å². The summed E-state index contributed by atoms with van der Waals surface area (Å²) in [5.74, 6) is 0. The molecule has 1 aliphatic rings. The molecule has 0 aromatic heterocycles. The van der Waals surface area contributed by atoms with E-state index in [4.69, 9.17) is 0 Å². The van der Waals surface area contributed by atoms with Crippen LogP contribution in [0.3, 0.4) is 0 Å². The molecule has 0 saturated carbocycles. The van der Waals surface area contributed by atoms with Gasteiger partial charge in [0.1, 0.15) is 0 Å². The van der Waals surface area contributed by atoms with Gasteiger partial charge in [-0.3, -0.25) is 0 Å². The largest absolute Gasteiger partial charge is 0.359 e. The summed E-state index contributed by atoms with van der Waals surface area (Å²) in [4.78, 5) is 0. The smallest absolute Gasteiger partial charge is 0.0308 e. The zero-order valence-corrected chi connectivity index (χ0v) is 7.44. The molecule has 0 amide bonds. The SMILES string of the molecule is C=C1C=CC=C(C(C)(C)C)N1. The fourth-order valence-corrected chi connectivity index (χ4v) is 0.954. The molecular weight excluding hydrogens is 134 g/mol. The molecule has 0 bridgehead atoms. The predicted molar refractivity (Wildman–Crippen MR) is 49.0 cm³/mol. The molecule has 0 unspecified atom stereocenters. The average molecular weight is 149 g/mol. The lowest BCUT2D eigenvalue weighted by molar-refractivity contribution is 0.474. The maximum atomic E-state index is 3.84. The van der Waals surface area contributed by atoms with Crippen LogP contribution in [-0.4, -0.2) is 0 Å². The topological polar surface area (TPSA) is 12.0 Å². The van der Waals surface area contributed by atoms with E-state index in [2.05, 4.69) is 38.7 Å². The van der Waals surface area contributed by atoms with Gasteiger partial charge in [0.05, 0.1) is 0 Å². The zero-order chi connectivity index (χ0) is 8.48. The highest BCUT2D eigenvalue weighted by Gasteiger charge is 2.17. The van der Waals surface area contributed by atoms with E-state index < -0.39 is 0 Å². The van der Waals surface area contributed by atoms with Crippen molar-refractivity contribution in [3.05, 3.63) is 36.2 Å². The molecule has 0 atom stereocenters. The van der Waals surface area contributed by atoms with Crippen molar-refractivity contribution < 1.29 is 0 Å². The molecule has 0 aliphatic carbocycles. The molecule has 1 heteroatoms. The molecule has 0 aromatic carbocycles. The third kappa shape index (κ3) is 1.97. The lowest BCUT2D eigenvalue weighted by atomic mass is 9.90. The van der Waals surface area contributed by atoms with Gasteiger partial charge in [-0.15, -0.1) is 0 Å². The van der Waals surface area contributed by atoms with E-state index in [1.165, 1.54) is 5.70 Å². The number of hydrogen-bond donors (Lipinski definition) is 1. The Kier molecular flexibility index (Phi) is 1.90. The molecule has 1 heterocycles. The van der Waals surface area contributed by atoms with E-state index in [9.17, 15) is 0 Å². The average Bonchev–Trinajstić information content (AvgIpc) is 1.86. The summed E-state index contributed by atoms with van der Waals surface area (Å²) in [6.07, 6.45) is 6.09. The Bertz CT molecular complexity index is 226. The number of hydrogen-bond acceptors (Lipinski definition) is 1. The zero-order valence-electron chi connectivity index (χ0n) is 7.44. The maximum absolute atomic E-state index is 3.84. The lowest BCUT2D eigenvalue weighted by Crippen LogP contribution is -2.24. The molecule has 1 aliphatic heterocycles.